The van der Waals surface area contributed by atoms with E-state index in [1.807, 2.05) is 0 Å². The van der Waals surface area contributed by atoms with E-state index in [1.165, 1.54) is 0 Å². The predicted molar refractivity (Wildman–Crippen MR) is 48.9 cm³/mol. The molecule has 0 N–H and O–H groups in total. The summed E-state index contributed by atoms with van der Waals surface area (Å²) >= 11 is 0. The summed E-state index contributed by atoms with van der Waals surface area (Å²) in [5, 5.41) is 0. The van der Waals surface area contributed by atoms with Crippen LogP contribution in [0, 0.1) is 0 Å². The molecule has 0 rings (SSSR count). The molecule has 11 heavy (non-hydrogen) atoms. The molecular weight excluding hydrogens is 138 g/mol. The molecule has 0 atom stereocenters. The smallest absolute Gasteiger partial charge is 0.0518 e. The lowest BCUT2D eigenvalue weighted by atomic mass is 10.4. The fraction of sp³-hybridized carbons (Fsp3) is 1.00. The van der Waals surface area contributed by atoms with Gasteiger partial charge in [0.1, 0.15) is 0 Å². The Labute approximate surface area is 70.5 Å². The quantitative estimate of drug-likeness (QED) is 0.547. The van der Waals surface area contributed by atoms with Crippen molar-refractivity contribution >= 4 is 0 Å². The second kappa shape index (κ2) is 6.62. The molecule has 0 saturated carbocycles. The summed E-state index contributed by atoms with van der Waals surface area (Å²) in [5.41, 5.74) is 0. The molecule has 0 aliphatic heterocycles. The van der Waals surface area contributed by atoms with Gasteiger partial charge in [0.05, 0.1) is 6.10 Å². The minimum Gasteiger partial charge on any atom is -0.379 e. The first kappa shape index (κ1) is 10.9. The average molecular weight is 159 g/mol. The maximum atomic E-state index is 5.41. The second-order valence-electron chi connectivity index (χ2n) is 3.17. The van der Waals surface area contributed by atoms with Crippen LogP contribution in [-0.4, -0.2) is 37.7 Å². The Hall–Kier alpha value is -0.0800. The van der Waals surface area contributed by atoms with Gasteiger partial charge in [0.15, 0.2) is 0 Å². The highest BCUT2D eigenvalue weighted by atomic mass is 16.5. The summed E-state index contributed by atoms with van der Waals surface area (Å²) in [6, 6.07) is 0. The lowest BCUT2D eigenvalue weighted by Gasteiger charge is -2.14. The molecule has 2 nitrogen and oxygen atoms in total. The molecule has 0 aromatic rings. The number of rotatable bonds is 6. The third-order valence-electron chi connectivity index (χ3n) is 1.68. The van der Waals surface area contributed by atoms with Gasteiger partial charge in [-0.2, -0.15) is 0 Å². The Morgan fingerprint density at radius 2 is 2.00 bits per heavy atom. The van der Waals surface area contributed by atoms with Crippen molar-refractivity contribution in [3.63, 3.8) is 0 Å². The van der Waals surface area contributed by atoms with E-state index in [4.69, 9.17) is 4.74 Å². The number of hydrogen-bond acceptors (Lipinski definition) is 2. The molecule has 68 valence electrons. The van der Waals surface area contributed by atoms with Crippen LogP contribution >= 0.6 is 0 Å². The number of hydrogen-bond donors (Lipinski definition) is 0. The van der Waals surface area contributed by atoms with Crippen LogP contribution in [0.25, 0.3) is 0 Å². The minimum atomic E-state index is 0.377. The highest BCUT2D eigenvalue weighted by Gasteiger charge is 1.95. The predicted octanol–water partition coefficient (Wildman–Crippen LogP) is 1.75. The molecular formula is C9H21NO. The number of ether oxygens (including phenoxy) is 1. The zero-order valence-corrected chi connectivity index (χ0v) is 8.26. The molecule has 0 fully saturated rings. The molecule has 0 aromatic heterocycles. The molecule has 0 bridgehead atoms. The van der Waals surface area contributed by atoms with Crippen molar-refractivity contribution in [1.82, 2.24) is 4.90 Å². The van der Waals surface area contributed by atoms with Crippen LogP contribution in [0.4, 0.5) is 0 Å². The highest BCUT2D eigenvalue weighted by Crippen LogP contribution is 1.92. The van der Waals surface area contributed by atoms with Crippen molar-refractivity contribution < 1.29 is 4.74 Å². The molecule has 0 heterocycles. The van der Waals surface area contributed by atoms with E-state index in [9.17, 15) is 0 Å². The van der Waals surface area contributed by atoms with Gasteiger partial charge < -0.3 is 9.64 Å². The van der Waals surface area contributed by atoms with Crippen LogP contribution in [0.1, 0.15) is 27.2 Å². The van der Waals surface area contributed by atoms with Gasteiger partial charge in [-0.15, -0.1) is 0 Å². The van der Waals surface area contributed by atoms with Crippen molar-refractivity contribution in [3.8, 4) is 0 Å². The molecule has 0 unspecified atom stereocenters. The largest absolute Gasteiger partial charge is 0.379 e. The van der Waals surface area contributed by atoms with Crippen LogP contribution in [-0.2, 0) is 4.74 Å². The van der Waals surface area contributed by atoms with Gasteiger partial charge in [-0.25, -0.2) is 0 Å². The van der Waals surface area contributed by atoms with Gasteiger partial charge in [-0.3, -0.25) is 0 Å². The molecule has 0 aliphatic carbocycles. The van der Waals surface area contributed by atoms with Gasteiger partial charge in [0.25, 0.3) is 0 Å². The lowest BCUT2D eigenvalue weighted by molar-refractivity contribution is 0.0724. The molecule has 0 saturated heterocycles. The summed E-state index contributed by atoms with van der Waals surface area (Å²) in [6.07, 6.45) is 1.52. The van der Waals surface area contributed by atoms with Gasteiger partial charge in [-0.05, 0) is 33.9 Å². The van der Waals surface area contributed by atoms with Crippen LogP contribution in [0.15, 0.2) is 0 Å². The van der Waals surface area contributed by atoms with Crippen LogP contribution < -0.4 is 0 Å². The van der Waals surface area contributed by atoms with E-state index >= 15 is 0 Å². The summed E-state index contributed by atoms with van der Waals surface area (Å²) in [6.45, 7) is 9.48. The van der Waals surface area contributed by atoms with Crippen molar-refractivity contribution in [1.29, 1.82) is 0 Å². The molecule has 0 amide bonds. The van der Waals surface area contributed by atoms with Gasteiger partial charge in [-0.1, -0.05) is 6.92 Å². The van der Waals surface area contributed by atoms with E-state index in [1.54, 1.807) is 0 Å². The van der Waals surface area contributed by atoms with Gasteiger partial charge in [0.2, 0.25) is 0 Å². The molecule has 0 aliphatic rings. The van der Waals surface area contributed by atoms with Crippen molar-refractivity contribution in [3.05, 3.63) is 0 Å². The Morgan fingerprint density at radius 1 is 1.36 bits per heavy atom. The zero-order chi connectivity index (χ0) is 8.69. The van der Waals surface area contributed by atoms with Crippen molar-refractivity contribution in [2.75, 3.05) is 26.7 Å². The van der Waals surface area contributed by atoms with Crippen LogP contribution in [0.5, 0.6) is 0 Å². The fourth-order valence-corrected chi connectivity index (χ4v) is 0.812. The summed E-state index contributed by atoms with van der Waals surface area (Å²) in [7, 11) is 2.13. The fourth-order valence-electron chi connectivity index (χ4n) is 0.812. The van der Waals surface area contributed by atoms with Crippen molar-refractivity contribution in [2.45, 2.75) is 33.3 Å². The first-order valence-electron chi connectivity index (χ1n) is 4.47. The normalized spacial score (nSPS) is 11.5. The lowest BCUT2D eigenvalue weighted by Crippen LogP contribution is -2.20. The Morgan fingerprint density at radius 3 is 2.45 bits per heavy atom. The Bertz CT molecular complexity index is 83.6. The second-order valence-corrected chi connectivity index (χ2v) is 3.17. The van der Waals surface area contributed by atoms with E-state index in [0.717, 1.165) is 26.1 Å². The summed E-state index contributed by atoms with van der Waals surface area (Å²) in [5.74, 6) is 0. The third-order valence-corrected chi connectivity index (χ3v) is 1.68. The van der Waals surface area contributed by atoms with Gasteiger partial charge >= 0.3 is 0 Å². The topological polar surface area (TPSA) is 12.5 Å². The maximum Gasteiger partial charge on any atom is 0.0518 e. The first-order chi connectivity index (χ1) is 5.16. The maximum absolute atomic E-state index is 5.41. The van der Waals surface area contributed by atoms with Crippen molar-refractivity contribution in [2.24, 2.45) is 0 Å². The van der Waals surface area contributed by atoms with E-state index in [2.05, 4.69) is 32.7 Å². The summed E-state index contributed by atoms with van der Waals surface area (Å²) < 4.78 is 5.41. The molecule has 2 heteroatoms. The molecule has 0 radical (unpaired) electrons. The first-order valence-corrected chi connectivity index (χ1v) is 4.47. The summed E-state index contributed by atoms with van der Waals surface area (Å²) in [4.78, 5) is 2.30. The highest BCUT2D eigenvalue weighted by molar-refractivity contribution is 4.47. The van der Waals surface area contributed by atoms with Gasteiger partial charge in [0, 0.05) is 13.2 Å². The van der Waals surface area contributed by atoms with E-state index in [-0.39, 0.29) is 0 Å². The third kappa shape index (κ3) is 7.82. The monoisotopic (exact) mass is 159 g/mol. The van der Waals surface area contributed by atoms with Crippen LogP contribution in [0.2, 0.25) is 0 Å². The SMILES string of the molecule is CCN(C)CCCOC(C)C. The molecule has 0 aromatic carbocycles. The Balaban J connectivity index is 3.01. The average Bonchev–Trinajstić information content (AvgIpc) is 1.97. The molecule has 0 spiro atoms. The Kier molecular flexibility index (Phi) is 6.57. The minimum absolute atomic E-state index is 0.377. The van der Waals surface area contributed by atoms with E-state index in [0.29, 0.717) is 6.10 Å². The standard InChI is InChI=1S/C9H21NO/c1-5-10(4)7-6-8-11-9(2)3/h9H,5-8H2,1-4H3. The van der Waals surface area contributed by atoms with E-state index < -0.39 is 0 Å². The zero-order valence-electron chi connectivity index (χ0n) is 8.26. The van der Waals surface area contributed by atoms with Crippen LogP contribution in [0.3, 0.4) is 0 Å². The number of nitrogens with zero attached hydrogens (tertiary/aromatic N) is 1.